The molecule has 0 aliphatic carbocycles. The maximum absolute atomic E-state index is 12.5. The van der Waals surface area contributed by atoms with E-state index >= 15 is 0 Å². The number of carbonyl (C=O) groups is 2. The van der Waals surface area contributed by atoms with E-state index in [-0.39, 0.29) is 24.0 Å². The van der Waals surface area contributed by atoms with Gasteiger partial charge in [0.15, 0.2) is 0 Å². The van der Waals surface area contributed by atoms with E-state index in [1.807, 2.05) is 44.2 Å². The molecule has 0 spiro atoms. The molecule has 1 aliphatic rings. The lowest BCUT2D eigenvalue weighted by atomic mass is 10.1. The average molecular weight is 309 g/mol. The Morgan fingerprint density at radius 3 is 1.96 bits per heavy atom. The highest BCUT2D eigenvalue weighted by atomic mass is 16.5. The van der Waals surface area contributed by atoms with Crippen molar-refractivity contribution in [2.24, 2.45) is 0 Å². The fraction of sp³-hybridized carbons (Fsp3) is 0.263. The van der Waals surface area contributed by atoms with Crippen LogP contribution in [-0.4, -0.2) is 28.9 Å². The van der Waals surface area contributed by atoms with Gasteiger partial charge in [-0.1, -0.05) is 30.3 Å². The van der Waals surface area contributed by atoms with Gasteiger partial charge in [0.1, 0.15) is 5.75 Å². The minimum Gasteiger partial charge on any atom is -0.491 e. The van der Waals surface area contributed by atoms with Crippen LogP contribution in [0.1, 0.15) is 41.0 Å². The smallest absolute Gasteiger partial charge is 0.261 e. The lowest BCUT2D eigenvalue weighted by molar-refractivity contribution is 0.0556. The molecule has 118 valence electrons. The van der Waals surface area contributed by atoms with Crippen LogP contribution in [0.15, 0.2) is 54.6 Å². The highest BCUT2D eigenvalue weighted by Crippen LogP contribution is 2.26. The Labute approximate surface area is 135 Å². The molecule has 2 amide bonds. The molecule has 0 saturated carbocycles. The number of para-hydroxylation sites is 1. The third kappa shape index (κ3) is 2.97. The van der Waals surface area contributed by atoms with Gasteiger partial charge in [-0.15, -0.1) is 0 Å². The summed E-state index contributed by atoms with van der Waals surface area (Å²) in [6.07, 6.45) is 0.483. The second kappa shape index (κ2) is 6.24. The molecule has 2 aromatic carbocycles. The number of rotatable bonds is 5. The van der Waals surface area contributed by atoms with Crippen molar-refractivity contribution in [3.63, 3.8) is 0 Å². The molecule has 0 bridgehead atoms. The van der Waals surface area contributed by atoms with Crippen LogP contribution in [0.2, 0.25) is 0 Å². The molecule has 1 heterocycles. The van der Waals surface area contributed by atoms with Crippen molar-refractivity contribution in [3.05, 3.63) is 65.7 Å². The number of carbonyl (C=O) groups excluding carboxylic acids is 2. The SMILES string of the molecule is C[C@H](C[C@@H](C)N1C(=O)c2ccccc2C1=O)Oc1ccccc1. The first kappa shape index (κ1) is 15.3. The normalized spacial score (nSPS) is 16.2. The average Bonchev–Trinajstić information content (AvgIpc) is 2.80. The Kier molecular flexibility index (Phi) is 4.15. The molecular formula is C19H19NO3. The molecule has 4 nitrogen and oxygen atoms in total. The third-order valence-electron chi connectivity index (χ3n) is 4.02. The second-order valence-electron chi connectivity index (χ2n) is 5.85. The van der Waals surface area contributed by atoms with Gasteiger partial charge in [0.25, 0.3) is 11.8 Å². The molecule has 0 fully saturated rings. The standard InChI is InChI=1S/C19H19NO3/c1-13(12-14(2)23-15-8-4-3-5-9-15)20-18(21)16-10-6-7-11-17(16)19(20)22/h3-11,13-14H,12H2,1-2H3/t13-,14-/m1/s1. The highest BCUT2D eigenvalue weighted by molar-refractivity contribution is 6.21. The Balaban J connectivity index is 1.68. The first-order valence-corrected chi connectivity index (χ1v) is 7.76. The maximum Gasteiger partial charge on any atom is 0.261 e. The van der Waals surface area contributed by atoms with E-state index in [2.05, 4.69) is 0 Å². The minimum atomic E-state index is -0.221. The van der Waals surface area contributed by atoms with Crippen LogP contribution < -0.4 is 4.74 Å². The molecule has 4 heteroatoms. The molecule has 0 N–H and O–H groups in total. The molecule has 0 unspecified atom stereocenters. The van der Waals surface area contributed by atoms with Crippen molar-refractivity contribution >= 4 is 11.8 Å². The van der Waals surface area contributed by atoms with Gasteiger partial charge in [0.2, 0.25) is 0 Å². The molecule has 3 rings (SSSR count). The summed E-state index contributed by atoms with van der Waals surface area (Å²) in [5.74, 6) is 0.351. The summed E-state index contributed by atoms with van der Waals surface area (Å²) < 4.78 is 5.84. The zero-order chi connectivity index (χ0) is 16.4. The predicted molar refractivity (Wildman–Crippen MR) is 87.6 cm³/mol. The van der Waals surface area contributed by atoms with Gasteiger partial charge >= 0.3 is 0 Å². The van der Waals surface area contributed by atoms with E-state index in [9.17, 15) is 9.59 Å². The Morgan fingerprint density at radius 1 is 0.870 bits per heavy atom. The molecular weight excluding hydrogens is 290 g/mol. The highest BCUT2D eigenvalue weighted by Gasteiger charge is 2.38. The molecule has 23 heavy (non-hydrogen) atoms. The lowest BCUT2D eigenvalue weighted by Gasteiger charge is -2.25. The van der Waals surface area contributed by atoms with Crippen LogP contribution in [0.3, 0.4) is 0 Å². The van der Waals surface area contributed by atoms with Gasteiger partial charge in [-0.05, 0) is 38.1 Å². The number of benzene rings is 2. The Bertz CT molecular complexity index is 691. The lowest BCUT2D eigenvalue weighted by Crippen LogP contribution is -2.40. The van der Waals surface area contributed by atoms with Crippen LogP contribution in [-0.2, 0) is 0 Å². The van der Waals surface area contributed by atoms with E-state index in [0.29, 0.717) is 17.5 Å². The summed E-state index contributed by atoms with van der Waals surface area (Å²) >= 11 is 0. The fourth-order valence-corrected chi connectivity index (χ4v) is 2.97. The van der Waals surface area contributed by atoms with Gasteiger partial charge in [-0.2, -0.15) is 0 Å². The zero-order valence-corrected chi connectivity index (χ0v) is 13.2. The van der Waals surface area contributed by atoms with Crippen molar-refractivity contribution < 1.29 is 14.3 Å². The number of hydrogen-bond acceptors (Lipinski definition) is 3. The summed E-state index contributed by atoms with van der Waals surface area (Å²) in [5, 5.41) is 0. The van der Waals surface area contributed by atoms with Crippen molar-refractivity contribution in [1.82, 2.24) is 4.90 Å². The van der Waals surface area contributed by atoms with Gasteiger partial charge in [0, 0.05) is 12.5 Å². The third-order valence-corrected chi connectivity index (χ3v) is 4.02. The maximum atomic E-state index is 12.5. The van der Waals surface area contributed by atoms with Crippen LogP contribution in [0.4, 0.5) is 0 Å². The summed E-state index contributed by atoms with van der Waals surface area (Å²) in [6, 6.07) is 16.3. The van der Waals surface area contributed by atoms with Gasteiger partial charge < -0.3 is 4.74 Å². The molecule has 2 aromatic rings. The van der Waals surface area contributed by atoms with Gasteiger partial charge in [-0.3, -0.25) is 14.5 Å². The topological polar surface area (TPSA) is 46.6 Å². The molecule has 0 saturated heterocycles. The Morgan fingerprint density at radius 2 is 1.39 bits per heavy atom. The molecule has 2 atom stereocenters. The second-order valence-corrected chi connectivity index (χ2v) is 5.85. The molecule has 0 aromatic heterocycles. The number of fused-ring (bicyclic) bond motifs is 1. The Hall–Kier alpha value is -2.62. The zero-order valence-electron chi connectivity index (χ0n) is 13.2. The quantitative estimate of drug-likeness (QED) is 0.794. The van der Waals surface area contributed by atoms with Gasteiger partial charge in [0.05, 0.1) is 17.2 Å². The number of imide groups is 1. The van der Waals surface area contributed by atoms with Crippen LogP contribution in [0.25, 0.3) is 0 Å². The fourth-order valence-electron chi connectivity index (χ4n) is 2.97. The molecule has 0 radical (unpaired) electrons. The summed E-state index contributed by atoms with van der Waals surface area (Å²) in [5.41, 5.74) is 0.974. The van der Waals surface area contributed by atoms with E-state index in [1.165, 1.54) is 4.90 Å². The number of amides is 2. The van der Waals surface area contributed by atoms with Crippen molar-refractivity contribution in [2.45, 2.75) is 32.4 Å². The summed E-state index contributed by atoms with van der Waals surface area (Å²) in [7, 11) is 0. The van der Waals surface area contributed by atoms with Crippen molar-refractivity contribution in [3.8, 4) is 5.75 Å². The van der Waals surface area contributed by atoms with E-state index in [4.69, 9.17) is 4.74 Å². The van der Waals surface area contributed by atoms with Crippen molar-refractivity contribution in [2.75, 3.05) is 0 Å². The van der Waals surface area contributed by atoms with Crippen LogP contribution in [0, 0.1) is 0 Å². The summed E-state index contributed by atoms with van der Waals surface area (Å²) in [4.78, 5) is 26.2. The van der Waals surface area contributed by atoms with E-state index in [1.54, 1.807) is 24.3 Å². The number of nitrogens with zero attached hydrogens (tertiary/aromatic N) is 1. The van der Waals surface area contributed by atoms with Crippen LogP contribution >= 0.6 is 0 Å². The van der Waals surface area contributed by atoms with E-state index < -0.39 is 0 Å². The van der Waals surface area contributed by atoms with Crippen molar-refractivity contribution in [1.29, 1.82) is 0 Å². The predicted octanol–water partition coefficient (Wildman–Crippen LogP) is 3.53. The van der Waals surface area contributed by atoms with E-state index in [0.717, 1.165) is 5.75 Å². The monoisotopic (exact) mass is 309 g/mol. The summed E-state index contributed by atoms with van der Waals surface area (Å²) in [6.45, 7) is 3.83. The van der Waals surface area contributed by atoms with Crippen LogP contribution in [0.5, 0.6) is 5.75 Å². The number of hydrogen-bond donors (Lipinski definition) is 0. The minimum absolute atomic E-state index is 0.100. The first-order valence-electron chi connectivity index (χ1n) is 7.76. The molecule has 1 aliphatic heterocycles. The number of ether oxygens (including phenoxy) is 1. The van der Waals surface area contributed by atoms with Gasteiger partial charge in [-0.25, -0.2) is 0 Å². The first-order chi connectivity index (χ1) is 11.1. The largest absolute Gasteiger partial charge is 0.491 e.